The normalized spacial score (nSPS) is 9.80. The molecule has 1 aromatic rings. The fourth-order valence-electron chi connectivity index (χ4n) is 1.24. The number of ether oxygens (including phenoxy) is 1. The Labute approximate surface area is 93.3 Å². The van der Waals surface area contributed by atoms with Crippen LogP contribution in [0.5, 0.6) is 0 Å². The summed E-state index contributed by atoms with van der Waals surface area (Å²) in [5, 5.41) is 8.11. The highest BCUT2D eigenvalue weighted by Gasteiger charge is 2.14. The molecule has 0 saturated carbocycles. The van der Waals surface area contributed by atoms with Crippen LogP contribution in [0.3, 0.4) is 0 Å². The summed E-state index contributed by atoms with van der Waals surface area (Å²) >= 11 is 1.30. The molecule has 3 nitrogen and oxygen atoms in total. The van der Waals surface area contributed by atoms with Gasteiger partial charge < -0.3 is 4.74 Å². The zero-order valence-electron chi connectivity index (χ0n) is 8.96. The molecule has 0 atom stereocenters. The summed E-state index contributed by atoms with van der Waals surface area (Å²) in [7, 11) is 1.34. The number of hydrogen-bond acceptors (Lipinski definition) is 4. The smallest absolute Gasteiger partial charge is 0.338 e. The third-order valence-corrected chi connectivity index (χ3v) is 2.66. The minimum atomic E-state index is -0.399. The van der Waals surface area contributed by atoms with Gasteiger partial charge in [-0.25, -0.2) is 4.79 Å². The second-order valence-corrected chi connectivity index (χ2v) is 3.89. The third kappa shape index (κ3) is 2.59. The maximum absolute atomic E-state index is 11.4. The molecular weight excluding hydrogens is 210 g/mol. The predicted octanol–water partition coefficient (Wildman–Crippen LogP) is 2.47. The number of esters is 1. The molecule has 0 amide bonds. The zero-order chi connectivity index (χ0) is 11.4. The number of methoxy groups -OCH3 is 1. The van der Waals surface area contributed by atoms with Crippen LogP contribution in [0.2, 0.25) is 0 Å². The fraction of sp³-hybridized carbons (Fsp3) is 0.273. The molecule has 1 rings (SSSR count). The average Bonchev–Trinajstić information content (AvgIpc) is 2.26. The highest BCUT2D eigenvalue weighted by molar-refractivity contribution is 8.13. The lowest BCUT2D eigenvalue weighted by Gasteiger charge is -2.08. The SMILES string of the molecule is COC(=O)c1ccc(C)cc1C(=N)SC. The molecule has 1 N–H and O–H groups in total. The van der Waals surface area contributed by atoms with Crippen molar-refractivity contribution in [2.75, 3.05) is 13.4 Å². The number of hydrogen-bond donors (Lipinski definition) is 1. The van der Waals surface area contributed by atoms with Gasteiger partial charge in [-0.1, -0.05) is 11.6 Å². The first-order valence-electron chi connectivity index (χ1n) is 4.42. The number of aryl methyl sites for hydroxylation is 1. The number of carbonyl (C=O) groups is 1. The van der Waals surface area contributed by atoms with Crippen LogP contribution in [0.4, 0.5) is 0 Å². The molecule has 0 unspecified atom stereocenters. The minimum absolute atomic E-state index is 0.374. The van der Waals surface area contributed by atoms with Crippen molar-refractivity contribution >= 4 is 22.8 Å². The van der Waals surface area contributed by atoms with Crippen LogP contribution in [-0.4, -0.2) is 24.4 Å². The first kappa shape index (κ1) is 11.8. The molecule has 0 radical (unpaired) electrons. The summed E-state index contributed by atoms with van der Waals surface area (Å²) in [5.41, 5.74) is 2.10. The lowest BCUT2D eigenvalue weighted by Crippen LogP contribution is -2.08. The van der Waals surface area contributed by atoms with E-state index in [0.717, 1.165) is 5.56 Å². The van der Waals surface area contributed by atoms with Gasteiger partial charge in [0.25, 0.3) is 0 Å². The summed E-state index contributed by atoms with van der Waals surface area (Å²) in [6, 6.07) is 5.36. The number of benzene rings is 1. The molecular formula is C11H13NO2S. The first-order valence-corrected chi connectivity index (χ1v) is 5.64. The van der Waals surface area contributed by atoms with Gasteiger partial charge in [-0.15, -0.1) is 11.8 Å². The van der Waals surface area contributed by atoms with Crippen molar-refractivity contribution in [1.82, 2.24) is 0 Å². The van der Waals surface area contributed by atoms with E-state index in [4.69, 9.17) is 5.41 Å². The molecule has 15 heavy (non-hydrogen) atoms. The first-order chi connectivity index (χ1) is 7.10. The molecule has 1 aromatic carbocycles. The highest BCUT2D eigenvalue weighted by atomic mass is 32.2. The van der Waals surface area contributed by atoms with Crippen molar-refractivity contribution in [3.63, 3.8) is 0 Å². The lowest BCUT2D eigenvalue weighted by molar-refractivity contribution is 0.0600. The largest absolute Gasteiger partial charge is 0.465 e. The zero-order valence-corrected chi connectivity index (χ0v) is 9.77. The Bertz CT molecular complexity index is 402. The maximum Gasteiger partial charge on any atom is 0.338 e. The Kier molecular flexibility index (Phi) is 3.91. The van der Waals surface area contributed by atoms with Gasteiger partial charge in [-0.05, 0) is 25.3 Å². The van der Waals surface area contributed by atoms with Crippen molar-refractivity contribution in [2.45, 2.75) is 6.92 Å². The van der Waals surface area contributed by atoms with Crippen molar-refractivity contribution in [3.8, 4) is 0 Å². The average molecular weight is 223 g/mol. The van der Waals surface area contributed by atoms with Gasteiger partial charge in [-0.2, -0.15) is 0 Å². The molecule has 0 aliphatic rings. The van der Waals surface area contributed by atoms with Crippen LogP contribution in [0, 0.1) is 12.3 Å². The van der Waals surface area contributed by atoms with Gasteiger partial charge in [0.15, 0.2) is 0 Å². The molecule has 0 aliphatic carbocycles. The van der Waals surface area contributed by atoms with Gasteiger partial charge >= 0.3 is 5.97 Å². The number of carbonyl (C=O) groups excluding carboxylic acids is 1. The Morgan fingerprint density at radius 3 is 2.60 bits per heavy atom. The molecule has 0 heterocycles. The van der Waals surface area contributed by atoms with E-state index in [2.05, 4.69) is 4.74 Å². The van der Waals surface area contributed by atoms with E-state index in [0.29, 0.717) is 16.2 Å². The van der Waals surface area contributed by atoms with E-state index in [1.165, 1.54) is 18.9 Å². The summed E-state index contributed by atoms with van der Waals surface area (Å²) in [6.07, 6.45) is 1.81. The van der Waals surface area contributed by atoms with Gasteiger partial charge in [0.1, 0.15) is 0 Å². The Balaban J connectivity index is 3.26. The highest BCUT2D eigenvalue weighted by Crippen LogP contribution is 2.17. The van der Waals surface area contributed by atoms with Gasteiger partial charge in [-0.3, -0.25) is 5.41 Å². The van der Waals surface area contributed by atoms with Crippen LogP contribution in [-0.2, 0) is 4.74 Å². The monoisotopic (exact) mass is 223 g/mol. The standard InChI is InChI=1S/C11H13NO2S/c1-7-4-5-8(11(13)14-2)9(6-7)10(12)15-3/h4-6,12H,1-3H3. The van der Waals surface area contributed by atoms with E-state index in [9.17, 15) is 4.79 Å². The Hall–Kier alpha value is -1.29. The van der Waals surface area contributed by atoms with Crippen molar-refractivity contribution in [2.24, 2.45) is 0 Å². The molecule has 0 bridgehead atoms. The van der Waals surface area contributed by atoms with Crippen LogP contribution in [0.25, 0.3) is 0 Å². The molecule has 4 heteroatoms. The van der Waals surface area contributed by atoms with Crippen LogP contribution < -0.4 is 0 Å². The fourth-order valence-corrected chi connectivity index (χ4v) is 1.63. The second kappa shape index (κ2) is 4.98. The summed E-state index contributed by atoms with van der Waals surface area (Å²) in [5.74, 6) is -0.399. The van der Waals surface area contributed by atoms with E-state index in [1.807, 2.05) is 25.3 Å². The summed E-state index contributed by atoms with van der Waals surface area (Å²) in [4.78, 5) is 11.4. The van der Waals surface area contributed by atoms with Crippen LogP contribution >= 0.6 is 11.8 Å². The third-order valence-electron chi connectivity index (χ3n) is 2.03. The Morgan fingerprint density at radius 1 is 1.40 bits per heavy atom. The molecule has 0 aromatic heterocycles. The van der Waals surface area contributed by atoms with E-state index in [1.54, 1.807) is 6.07 Å². The van der Waals surface area contributed by atoms with Gasteiger partial charge in [0.05, 0.1) is 17.7 Å². The minimum Gasteiger partial charge on any atom is -0.465 e. The van der Waals surface area contributed by atoms with Crippen molar-refractivity contribution < 1.29 is 9.53 Å². The van der Waals surface area contributed by atoms with Crippen LogP contribution in [0.15, 0.2) is 18.2 Å². The topological polar surface area (TPSA) is 50.2 Å². The molecule has 0 saturated heterocycles. The second-order valence-electron chi connectivity index (χ2n) is 3.07. The van der Waals surface area contributed by atoms with E-state index < -0.39 is 5.97 Å². The summed E-state index contributed by atoms with van der Waals surface area (Å²) in [6.45, 7) is 1.93. The molecule has 0 fully saturated rings. The predicted molar refractivity (Wildman–Crippen MR) is 62.9 cm³/mol. The number of nitrogens with one attached hydrogen (secondary N) is 1. The quantitative estimate of drug-likeness (QED) is 0.476. The summed E-state index contributed by atoms with van der Waals surface area (Å²) < 4.78 is 4.67. The lowest BCUT2D eigenvalue weighted by atomic mass is 10.1. The molecule has 80 valence electrons. The maximum atomic E-state index is 11.4. The number of thioether (sulfide) groups is 1. The molecule has 0 aliphatic heterocycles. The van der Waals surface area contributed by atoms with E-state index in [-0.39, 0.29) is 0 Å². The van der Waals surface area contributed by atoms with Crippen molar-refractivity contribution in [1.29, 1.82) is 5.41 Å². The van der Waals surface area contributed by atoms with E-state index >= 15 is 0 Å². The van der Waals surface area contributed by atoms with Gasteiger partial charge in [0.2, 0.25) is 0 Å². The van der Waals surface area contributed by atoms with Gasteiger partial charge in [0, 0.05) is 5.56 Å². The number of rotatable bonds is 2. The molecule has 0 spiro atoms. The van der Waals surface area contributed by atoms with Crippen molar-refractivity contribution in [3.05, 3.63) is 34.9 Å². The van der Waals surface area contributed by atoms with Crippen LogP contribution in [0.1, 0.15) is 21.5 Å². The Morgan fingerprint density at radius 2 is 2.07 bits per heavy atom.